The zero-order chi connectivity index (χ0) is 13.7. The average Bonchev–Trinajstić information content (AvgIpc) is 3.01. The van der Waals surface area contributed by atoms with Gasteiger partial charge in [-0.3, -0.25) is 4.57 Å². The molecule has 2 heterocycles. The summed E-state index contributed by atoms with van der Waals surface area (Å²) in [5.74, 6) is 0.288. The number of rotatable bonds is 1. The molecule has 4 rings (SSSR count). The maximum absolute atomic E-state index is 10.4. The molecule has 4 aromatic rings. The minimum absolute atomic E-state index is 0.288. The van der Waals surface area contributed by atoms with Crippen molar-refractivity contribution in [3.63, 3.8) is 0 Å². The molecule has 2 aromatic carbocycles. The third-order valence-electron chi connectivity index (χ3n) is 3.85. The van der Waals surface area contributed by atoms with Gasteiger partial charge < -0.3 is 9.67 Å². The molecule has 0 fully saturated rings. The van der Waals surface area contributed by atoms with Gasteiger partial charge in [0.15, 0.2) is 0 Å². The van der Waals surface area contributed by atoms with Gasteiger partial charge in [-0.15, -0.1) is 0 Å². The first kappa shape index (κ1) is 11.2. The number of nitrogens with zero attached hydrogens (tertiary/aromatic N) is 2. The molecule has 0 saturated heterocycles. The van der Waals surface area contributed by atoms with Crippen LogP contribution in [0.1, 0.15) is 0 Å². The Morgan fingerprint density at radius 1 is 0.950 bits per heavy atom. The van der Waals surface area contributed by atoms with Crippen molar-refractivity contribution < 1.29 is 5.11 Å². The molecule has 0 atom stereocenters. The summed E-state index contributed by atoms with van der Waals surface area (Å²) in [4.78, 5) is 0. The summed E-state index contributed by atoms with van der Waals surface area (Å²) >= 11 is 0. The number of fused-ring (bicyclic) bond motifs is 2. The predicted octanol–water partition coefficient (Wildman–Crippen LogP) is 3.83. The first-order valence-electron chi connectivity index (χ1n) is 6.58. The van der Waals surface area contributed by atoms with Gasteiger partial charge in [0.05, 0.1) is 0 Å². The van der Waals surface area contributed by atoms with Crippen LogP contribution in [0.25, 0.3) is 27.4 Å². The lowest BCUT2D eigenvalue weighted by molar-refractivity contribution is 0.448. The molecule has 2 aromatic heterocycles. The van der Waals surface area contributed by atoms with Crippen molar-refractivity contribution in [1.82, 2.24) is 9.13 Å². The van der Waals surface area contributed by atoms with Crippen LogP contribution in [0.4, 0.5) is 0 Å². The van der Waals surface area contributed by atoms with E-state index in [0.29, 0.717) is 0 Å². The molecule has 98 valence electrons. The molecule has 3 nitrogen and oxygen atoms in total. The lowest BCUT2D eigenvalue weighted by Crippen LogP contribution is -1.91. The Bertz CT molecular complexity index is 931. The fraction of sp³-hybridized carbons (Fsp3) is 0.0588. The van der Waals surface area contributed by atoms with E-state index in [1.807, 2.05) is 54.3 Å². The van der Waals surface area contributed by atoms with E-state index in [-0.39, 0.29) is 5.88 Å². The van der Waals surface area contributed by atoms with Crippen molar-refractivity contribution in [3.05, 3.63) is 60.9 Å². The lowest BCUT2D eigenvalue weighted by atomic mass is 10.2. The van der Waals surface area contributed by atoms with Crippen LogP contribution in [-0.2, 0) is 7.05 Å². The van der Waals surface area contributed by atoms with E-state index in [1.54, 1.807) is 0 Å². The number of aryl methyl sites for hydroxylation is 1. The fourth-order valence-corrected chi connectivity index (χ4v) is 2.76. The van der Waals surface area contributed by atoms with Crippen molar-refractivity contribution in [2.45, 2.75) is 0 Å². The number of benzene rings is 2. The maximum Gasteiger partial charge on any atom is 0.203 e. The zero-order valence-electron chi connectivity index (χ0n) is 11.1. The second-order valence-corrected chi connectivity index (χ2v) is 5.08. The molecular weight excluding hydrogens is 248 g/mol. The zero-order valence-corrected chi connectivity index (χ0v) is 11.1. The third kappa shape index (κ3) is 1.46. The molecule has 0 radical (unpaired) electrons. The number of aromatic nitrogens is 2. The van der Waals surface area contributed by atoms with Gasteiger partial charge in [0, 0.05) is 46.8 Å². The number of hydrogen-bond donors (Lipinski definition) is 1. The Kier molecular flexibility index (Phi) is 2.18. The van der Waals surface area contributed by atoms with E-state index in [2.05, 4.69) is 22.8 Å². The van der Waals surface area contributed by atoms with Crippen molar-refractivity contribution in [1.29, 1.82) is 0 Å². The van der Waals surface area contributed by atoms with Crippen LogP contribution in [0, 0.1) is 0 Å². The van der Waals surface area contributed by atoms with E-state index in [9.17, 15) is 5.11 Å². The molecule has 0 aliphatic heterocycles. The van der Waals surface area contributed by atoms with Gasteiger partial charge in [0.1, 0.15) is 0 Å². The van der Waals surface area contributed by atoms with Crippen LogP contribution in [0.5, 0.6) is 5.88 Å². The molecule has 0 spiro atoms. The summed E-state index contributed by atoms with van der Waals surface area (Å²) in [6, 6.07) is 16.1. The topological polar surface area (TPSA) is 30.1 Å². The molecule has 1 N–H and O–H groups in total. The molecule has 20 heavy (non-hydrogen) atoms. The van der Waals surface area contributed by atoms with E-state index >= 15 is 0 Å². The van der Waals surface area contributed by atoms with Crippen molar-refractivity contribution in [2.24, 2.45) is 7.05 Å². The predicted molar refractivity (Wildman–Crippen MR) is 81.4 cm³/mol. The summed E-state index contributed by atoms with van der Waals surface area (Å²) in [7, 11) is 2.03. The minimum Gasteiger partial charge on any atom is -0.494 e. The highest BCUT2D eigenvalue weighted by molar-refractivity contribution is 5.89. The van der Waals surface area contributed by atoms with Crippen LogP contribution in [-0.4, -0.2) is 14.2 Å². The van der Waals surface area contributed by atoms with E-state index in [1.165, 1.54) is 10.9 Å². The van der Waals surface area contributed by atoms with Gasteiger partial charge in [-0.25, -0.2) is 0 Å². The first-order valence-corrected chi connectivity index (χ1v) is 6.58. The van der Waals surface area contributed by atoms with Crippen molar-refractivity contribution >= 4 is 21.7 Å². The van der Waals surface area contributed by atoms with Gasteiger partial charge in [-0.1, -0.05) is 18.2 Å². The summed E-state index contributed by atoms with van der Waals surface area (Å²) in [5, 5.41) is 13.5. The molecule has 0 aliphatic carbocycles. The van der Waals surface area contributed by atoms with E-state index in [0.717, 1.165) is 16.5 Å². The summed E-state index contributed by atoms with van der Waals surface area (Å²) in [5.41, 5.74) is 2.15. The molecular formula is C17H14N2O. The first-order chi connectivity index (χ1) is 9.74. The number of hydrogen-bond acceptors (Lipinski definition) is 1. The highest BCUT2D eigenvalue weighted by Crippen LogP contribution is 2.31. The second kappa shape index (κ2) is 3.90. The highest BCUT2D eigenvalue weighted by Gasteiger charge is 2.09. The normalized spacial score (nSPS) is 11.4. The summed E-state index contributed by atoms with van der Waals surface area (Å²) in [6.07, 6.45) is 4.01. The molecule has 3 heteroatoms. The van der Waals surface area contributed by atoms with Crippen LogP contribution in [0.2, 0.25) is 0 Å². The Hall–Kier alpha value is -2.68. The number of aromatic hydroxyl groups is 1. The van der Waals surface area contributed by atoms with E-state index < -0.39 is 0 Å². The van der Waals surface area contributed by atoms with Gasteiger partial charge in [0.2, 0.25) is 5.88 Å². The Morgan fingerprint density at radius 2 is 1.80 bits per heavy atom. The molecule has 0 amide bonds. The van der Waals surface area contributed by atoms with Crippen LogP contribution >= 0.6 is 0 Å². The van der Waals surface area contributed by atoms with Crippen molar-refractivity contribution in [2.75, 3.05) is 0 Å². The van der Waals surface area contributed by atoms with Gasteiger partial charge in [0.25, 0.3) is 0 Å². The third-order valence-corrected chi connectivity index (χ3v) is 3.85. The monoisotopic (exact) mass is 262 g/mol. The maximum atomic E-state index is 10.4. The second-order valence-electron chi connectivity index (χ2n) is 5.08. The van der Waals surface area contributed by atoms with Crippen LogP contribution in [0.3, 0.4) is 0 Å². The Balaban J connectivity index is 1.98. The minimum atomic E-state index is 0.288. The van der Waals surface area contributed by atoms with Gasteiger partial charge >= 0.3 is 0 Å². The standard InChI is InChI=1S/C17H14N2O/c1-18-9-8-12-10-14(6-7-16(12)18)19-11-13-4-2-3-5-15(13)17(19)20/h2-11,20H,1H3. The highest BCUT2D eigenvalue weighted by atomic mass is 16.3. The Labute approximate surface area is 116 Å². The molecule has 0 saturated carbocycles. The lowest BCUT2D eigenvalue weighted by Gasteiger charge is -2.05. The fourth-order valence-electron chi connectivity index (χ4n) is 2.76. The molecule has 0 bridgehead atoms. The molecule has 0 aliphatic rings. The van der Waals surface area contributed by atoms with Crippen LogP contribution in [0.15, 0.2) is 60.9 Å². The van der Waals surface area contributed by atoms with Crippen molar-refractivity contribution in [3.8, 4) is 11.6 Å². The summed E-state index contributed by atoms with van der Waals surface area (Å²) in [6.45, 7) is 0. The quantitative estimate of drug-likeness (QED) is 0.555. The van der Waals surface area contributed by atoms with E-state index in [4.69, 9.17) is 0 Å². The average molecular weight is 262 g/mol. The van der Waals surface area contributed by atoms with Crippen LogP contribution < -0.4 is 0 Å². The van der Waals surface area contributed by atoms with Gasteiger partial charge in [-0.05, 0) is 30.3 Å². The summed E-state index contributed by atoms with van der Waals surface area (Å²) < 4.78 is 3.92. The largest absolute Gasteiger partial charge is 0.494 e. The molecule has 0 unspecified atom stereocenters. The Morgan fingerprint density at radius 3 is 2.65 bits per heavy atom. The SMILES string of the molecule is Cn1ccc2cc(-n3cc4ccccc4c3O)ccc21. The van der Waals surface area contributed by atoms with Gasteiger partial charge in [-0.2, -0.15) is 0 Å². The smallest absolute Gasteiger partial charge is 0.203 e.